The summed E-state index contributed by atoms with van der Waals surface area (Å²) in [7, 11) is -2.17. The molecule has 0 rings (SSSR count). The average molecular weight is 167 g/mol. The third-order valence-electron chi connectivity index (χ3n) is 0.282. The lowest BCUT2D eigenvalue weighted by atomic mass is 10.3. The first-order valence-corrected chi connectivity index (χ1v) is 2.10. The molecule has 0 aliphatic rings. The number of hydrogen-bond acceptors (Lipinski definition) is 7. The van der Waals surface area contributed by atoms with E-state index in [4.69, 9.17) is 20.2 Å². The van der Waals surface area contributed by atoms with Crippen molar-refractivity contribution in [1.82, 2.24) is 0 Å². The number of carboxylic acid groups (broad SMARTS) is 1. The van der Waals surface area contributed by atoms with E-state index in [0.717, 1.165) is 0 Å². The smallest absolute Gasteiger partial charge is 0.473 e. The van der Waals surface area contributed by atoms with Gasteiger partial charge in [-0.15, -0.1) is 0 Å². The van der Waals surface area contributed by atoms with Crippen molar-refractivity contribution in [1.29, 1.82) is 0 Å². The molecule has 0 atom stereocenters. The quantitative estimate of drug-likeness (QED) is 0.141. The Morgan fingerprint density at radius 2 is 1.55 bits per heavy atom. The SMILES string of the molecule is NOC(=O)C(=O)O.OB(O)O. The van der Waals surface area contributed by atoms with Crippen LogP contribution in [0.3, 0.4) is 0 Å². The summed E-state index contributed by atoms with van der Waals surface area (Å²) in [5.74, 6) is 0.992. The van der Waals surface area contributed by atoms with E-state index in [-0.39, 0.29) is 0 Å². The van der Waals surface area contributed by atoms with Gasteiger partial charge in [-0.1, -0.05) is 0 Å². The Hall–Kier alpha value is -1.16. The molecule has 0 saturated heterocycles. The summed E-state index contributed by atoms with van der Waals surface area (Å²) in [6.45, 7) is 0. The van der Waals surface area contributed by atoms with E-state index in [2.05, 4.69) is 10.7 Å². The van der Waals surface area contributed by atoms with Crippen LogP contribution in [0.2, 0.25) is 0 Å². The summed E-state index contributed by atoms with van der Waals surface area (Å²) < 4.78 is 0. The summed E-state index contributed by atoms with van der Waals surface area (Å²) >= 11 is 0. The van der Waals surface area contributed by atoms with E-state index < -0.39 is 19.3 Å². The number of rotatable bonds is 0. The Bertz CT molecular complexity index is 132. The molecule has 0 fully saturated rings. The van der Waals surface area contributed by atoms with Crippen LogP contribution >= 0.6 is 0 Å². The second-order valence-electron chi connectivity index (χ2n) is 1.06. The maximum Gasteiger partial charge on any atom is 0.631 e. The van der Waals surface area contributed by atoms with Crippen molar-refractivity contribution in [2.45, 2.75) is 0 Å². The number of carbonyl (C=O) groups excluding carboxylic acids is 1. The minimum absolute atomic E-state index is 1.46. The van der Waals surface area contributed by atoms with Gasteiger partial charge in [0.2, 0.25) is 0 Å². The molecule has 0 aromatic rings. The molecule has 0 aliphatic carbocycles. The Kier molecular flexibility index (Phi) is 7.92. The Balaban J connectivity index is 0. The summed E-state index contributed by atoms with van der Waals surface area (Å²) in [4.78, 5) is 22.2. The maximum absolute atomic E-state index is 9.56. The van der Waals surface area contributed by atoms with Gasteiger partial charge in [0.25, 0.3) is 0 Å². The van der Waals surface area contributed by atoms with E-state index in [9.17, 15) is 9.59 Å². The lowest BCUT2D eigenvalue weighted by Gasteiger charge is -1.84. The highest BCUT2D eigenvalue weighted by atomic mass is 16.7. The number of hydrogen-bond donors (Lipinski definition) is 5. The van der Waals surface area contributed by atoms with Crippen LogP contribution in [-0.2, 0) is 14.4 Å². The van der Waals surface area contributed by atoms with Gasteiger partial charge in [-0.05, 0) is 0 Å². The van der Waals surface area contributed by atoms with Crippen LogP contribution < -0.4 is 5.90 Å². The van der Waals surface area contributed by atoms with Gasteiger partial charge in [0.15, 0.2) is 0 Å². The van der Waals surface area contributed by atoms with Crippen molar-refractivity contribution >= 4 is 19.3 Å². The van der Waals surface area contributed by atoms with Crippen LogP contribution in [0.4, 0.5) is 0 Å². The van der Waals surface area contributed by atoms with Crippen molar-refractivity contribution in [3.63, 3.8) is 0 Å². The topological polar surface area (TPSA) is 150 Å². The molecule has 11 heavy (non-hydrogen) atoms. The van der Waals surface area contributed by atoms with Crippen molar-refractivity contribution in [2.75, 3.05) is 0 Å². The van der Waals surface area contributed by atoms with Crippen LogP contribution in [-0.4, -0.2) is 39.4 Å². The van der Waals surface area contributed by atoms with Crippen LogP contribution in [0, 0.1) is 0 Å². The molecule has 9 heteroatoms. The molecule has 0 aliphatic heterocycles. The van der Waals surface area contributed by atoms with Crippen LogP contribution in [0.5, 0.6) is 0 Å². The summed E-state index contributed by atoms with van der Waals surface area (Å²) in [5.41, 5.74) is 0. The molecule has 64 valence electrons. The fourth-order valence-corrected chi connectivity index (χ4v) is 0.0504. The van der Waals surface area contributed by atoms with Crippen molar-refractivity contribution in [2.24, 2.45) is 5.90 Å². The van der Waals surface area contributed by atoms with Gasteiger partial charge in [0, 0.05) is 0 Å². The fourth-order valence-electron chi connectivity index (χ4n) is 0.0504. The Labute approximate surface area is 60.9 Å². The highest BCUT2D eigenvalue weighted by Gasteiger charge is 2.09. The van der Waals surface area contributed by atoms with Gasteiger partial charge in [0.05, 0.1) is 0 Å². The number of nitrogens with two attached hydrogens (primary N) is 1. The summed E-state index contributed by atoms with van der Waals surface area (Å²) in [6.07, 6.45) is 0. The lowest BCUT2D eigenvalue weighted by molar-refractivity contribution is -0.164. The molecule has 6 N–H and O–H groups in total. The highest BCUT2D eigenvalue weighted by molar-refractivity contribution is 6.30. The molecule has 0 bridgehead atoms. The summed E-state index contributed by atoms with van der Waals surface area (Å²) in [6, 6.07) is 0. The average Bonchev–Trinajstić information content (AvgIpc) is 1.85. The van der Waals surface area contributed by atoms with Crippen LogP contribution in [0.25, 0.3) is 0 Å². The minimum atomic E-state index is -2.17. The van der Waals surface area contributed by atoms with Gasteiger partial charge in [0.1, 0.15) is 0 Å². The Morgan fingerprint density at radius 3 is 1.55 bits per heavy atom. The third kappa shape index (κ3) is 17.7. The lowest BCUT2D eigenvalue weighted by Crippen LogP contribution is -2.19. The predicted molar refractivity (Wildman–Crippen MR) is 30.3 cm³/mol. The molecule has 0 spiro atoms. The van der Waals surface area contributed by atoms with Crippen molar-refractivity contribution in [3.8, 4) is 0 Å². The molecular formula is C2H6BNO7. The second kappa shape index (κ2) is 6.96. The zero-order chi connectivity index (χ0) is 9.44. The zero-order valence-electron chi connectivity index (χ0n) is 5.17. The van der Waals surface area contributed by atoms with E-state index in [1.54, 1.807) is 0 Å². The van der Waals surface area contributed by atoms with Crippen LogP contribution in [0.15, 0.2) is 0 Å². The first-order chi connectivity index (χ1) is 4.91. The van der Waals surface area contributed by atoms with E-state index in [1.807, 2.05) is 0 Å². The molecule has 0 aromatic heterocycles. The standard InChI is InChI=1S/C2H3NO4.BH3O3/c3-7-2(6)1(4)5;2-1(3)4/h3H2,(H,4,5);2-4H. The molecule has 0 radical (unpaired) electrons. The fraction of sp³-hybridized carbons (Fsp3) is 0. The normalized spacial score (nSPS) is 7.27. The molecule has 0 unspecified atom stereocenters. The predicted octanol–water partition coefficient (Wildman–Crippen LogP) is -3.56. The van der Waals surface area contributed by atoms with Crippen molar-refractivity contribution < 1.29 is 34.6 Å². The zero-order valence-corrected chi connectivity index (χ0v) is 5.17. The van der Waals surface area contributed by atoms with Crippen molar-refractivity contribution in [3.05, 3.63) is 0 Å². The highest BCUT2D eigenvalue weighted by Crippen LogP contribution is 1.64. The molecule has 0 heterocycles. The summed E-state index contributed by atoms with van der Waals surface area (Å²) in [5, 5.41) is 29.1. The van der Waals surface area contributed by atoms with Gasteiger partial charge in [-0.3, -0.25) is 0 Å². The molecule has 0 aromatic carbocycles. The third-order valence-corrected chi connectivity index (χ3v) is 0.282. The number of carbonyl (C=O) groups is 2. The number of carboxylic acids is 1. The maximum atomic E-state index is 9.56. The molecule has 0 saturated carbocycles. The molecule has 0 amide bonds. The minimum Gasteiger partial charge on any atom is -0.473 e. The van der Waals surface area contributed by atoms with E-state index in [1.165, 1.54) is 0 Å². The second-order valence-corrected chi connectivity index (χ2v) is 1.06. The largest absolute Gasteiger partial charge is 0.631 e. The Morgan fingerprint density at radius 1 is 1.27 bits per heavy atom. The number of aliphatic carboxylic acids is 1. The first-order valence-electron chi connectivity index (χ1n) is 2.10. The van der Waals surface area contributed by atoms with Gasteiger partial charge in [-0.25, -0.2) is 9.59 Å². The molecule has 8 nitrogen and oxygen atoms in total. The van der Waals surface area contributed by atoms with Crippen LogP contribution in [0.1, 0.15) is 0 Å². The van der Waals surface area contributed by atoms with Gasteiger partial charge in [-0.2, -0.15) is 5.90 Å². The van der Waals surface area contributed by atoms with E-state index >= 15 is 0 Å². The monoisotopic (exact) mass is 167 g/mol. The van der Waals surface area contributed by atoms with Gasteiger partial charge >= 0.3 is 19.3 Å². The molecular weight excluding hydrogens is 161 g/mol. The first kappa shape index (κ1) is 12.5. The van der Waals surface area contributed by atoms with Gasteiger partial charge < -0.3 is 25.0 Å². The van der Waals surface area contributed by atoms with E-state index in [0.29, 0.717) is 0 Å².